The van der Waals surface area contributed by atoms with E-state index in [2.05, 4.69) is 22.5 Å². The van der Waals surface area contributed by atoms with Crippen molar-refractivity contribution in [3.8, 4) is 0 Å². The number of amides is 2. The van der Waals surface area contributed by atoms with Gasteiger partial charge in [-0.05, 0) is 29.5 Å². The van der Waals surface area contributed by atoms with E-state index in [0.29, 0.717) is 30.7 Å². The zero-order valence-electron chi connectivity index (χ0n) is 22.4. The number of ketones is 1. The summed E-state index contributed by atoms with van der Waals surface area (Å²) < 4.78 is 0. The Hall–Kier alpha value is -3.97. The van der Waals surface area contributed by atoms with Gasteiger partial charge in [-0.3, -0.25) is 19.3 Å². The molecule has 3 aliphatic rings. The van der Waals surface area contributed by atoms with Gasteiger partial charge in [-0.1, -0.05) is 79.7 Å². The molecule has 2 aromatic carbocycles. The lowest BCUT2D eigenvalue weighted by Gasteiger charge is -2.35. The lowest BCUT2D eigenvalue weighted by Crippen LogP contribution is -2.41. The minimum Gasteiger partial charge on any atom is -0.376 e. The van der Waals surface area contributed by atoms with Crippen LogP contribution in [0.1, 0.15) is 55.0 Å². The van der Waals surface area contributed by atoms with Crippen molar-refractivity contribution >= 4 is 23.7 Å². The number of carbonyl (C=O) groups excluding carboxylic acids is 3. The number of hydrogen-bond donors (Lipinski definition) is 2. The Morgan fingerprint density at radius 2 is 1.87 bits per heavy atom. The zero-order valence-corrected chi connectivity index (χ0v) is 22.4. The highest BCUT2D eigenvalue weighted by Crippen LogP contribution is 2.38. The summed E-state index contributed by atoms with van der Waals surface area (Å²) >= 11 is 0. The molecule has 202 valence electrons. The van der Waals surface area contributed by atoms with Gasteiger partial charge in [0.25, 0.3) is 5.91 Å². The Morgan fingerprint density at radius 3 is 2.64 bits per heavy atom. The van der Waals surface area contributed by atoms with Gasteiger partial charge in [0.1, 0.15) is 0 Å². The summed E-state index contributed by atoms with van der Waals surface area (Å²) in [7, 11) is 0. The van der Waals surface area contributed by atoms with Crippen molar-refractivity contribution in [2.24, 2.45) is 0 Å². The second-order valence-corrected chi connectivity index (χ2v) is 10.3. The molecule has 2 aromatic rings. The van der Waals surface area contributed by atoms with Gasteiger partial charge in [-0.2, -0.15) is 0 Å². The van der Waals surface area contributed by atoms with E-state index in [1.165, 1.54) is 0 Å². The number of rotatable bonds is 8. The van der Waals surface area contributed by atoms with Gasteiger partial charge in [0, 0.05) is 50.4 Å². The highest BCUT2D eigenvalue weighted by molar-refractivity contribution is 6.21. The van der Waals surface area contributed by atoms with Gasteiger partial charge in [0.15, 0.2) is 5.78 Å². The monoisotopic (exact) mass is 524 g/mol. The molecule has 2 atom stereocenters. The first-order valence-electron chi connectivity index (χ1n) is 13.9. The van der Waals surface area contributed by atoms with Gasteiger partial charge in [-0.15, -0.1) is 0 Å². The minimum absolute atomic E-state index is 0.0866. The summed E-state index contributed by atoms with van der Waals surface area (Å²) in [4.78, 5) is 42.5. The standard InChI is InChI=1S/C32H36N4O3/c1-2-27(23-11-4-3-5-12-23)34-32(39)30-24-13-6-7-14-25(24)31(26-15-8-9-16-29(26)38)33-28(30)21-35-17-10-18-36(22-37)20-19-35/h3-9,11-15,22,27,31,33H,2,10,16-21H2,1H3,(H,34,39)/t27-,31?/m0/s1. The molecule has 0 saturated carbocycles. The van der Waals surface area contributed by atoms with Crippen molar-refractivity contribution in [2.75, 3.05) is 32.7 Å². The quantitative estimate of drug-likeness (QED) is 0.512. The SMILES string of the molecule is CC[C@H](NC(=O)C1=C(CN2CCCN(C=O)CC2)NC(C2=CC=CCC2=O)c2ccccc21)c1ccccc1. The van der Waals surface area contributed by atoms with Crippen LogP contribution < -0.4 is 10.6 Å². The fourth-order valence-electron chi connectivity index (χ4n) is 5.72. The van der Waals surface area contributed by atoms with Crippen molar-refractivity contribution in [2.45, 2.75) is 38.3 Å². The maximum absolute atomic E-state index is 14.1. The summed E-state index contributed by atoms with van der Waals surface area (Å²) in [5.74, 6) is -0.0455. The van der Waals surface area contributed by atoms with E-state index in [4.69, 9.17) is 0 Å². The fourth-order valence-corrected chi connectivity index (χ4v) is 5.72. The molecule has 5 rings (SSSR count). The number of carbonyl (C=O) groups is 3. The number of benzene rings is 2. The molecule has 2 amide bonds. The fraction of sp³-hybridized carbons (Fsp3) is 0.344. The first kappa shape index (κ1) is 26.6. The van der Waals surface area contributed by atoms with Crippen LogP contribution in [0.5, 0.6) is 0 Å². The molecule has 7 nitrogen and oxygen atoms in total. The van der Waals surface area contributed by atoms with Crippen LogP contribution in [0.2, 0.25) is 0 Å². The first-order valence-corrected chi connectivity index (χ1v) is 13.9. The second-order valence-electron chi connectivity index (χ2n) is 10.3. The molecule has 0 bridgehead atoms. The van der Waals surface area contributed by atoms with Crippen LogP contribution in [0.4, 0.5) is 0 Å². The minimum atomic E-state index is -0.334. The maximum Gasteiger partial charge on any atom is 0.254 e. The van der Waals surface area contributed by atoms with Gasteiger partial charge in [0.2, 0.25) is 6.41 Å². The molecule has 7 heteroatoms. The van der Waals surface area contributed by atoms with Crippen molar-refractivity contribution in [1.29, 1.82) is 0 Å². The number of nitrogens with zero attached hydrogens (tertiary/aromatic N) is 2. The number of Topliss-reactive ketones (excluding diaryl/α,β-unsaturated/α-hetero) is 1. The molecule has 2 aliphatic heterocycles. The highest BCUT2D eigenvalue weighted by atomic mass is 16.2. The zero-order chi connectivity index (χ0) is 27.2. The van der Waals surface area contributed by atoms with Gasteiger partial charge < -0.3 is 15.5 Å². The van der Waals surface area contributed by atoms with Crippen LogP contribution in [0.15, 0.2) is 84.1 Å². The van der Waals surface area contributed by atoms with Crippen molar-refractivity contribution in [3.05, 3.63) is 101 Å². The van der Waals surface area contributed by atoms with Crippen LogP contribution in [0.25, 0.3) is 5.57 Å². The summed E-state index contributed by atoms with van der Waals surface area (Å²) in [5, 5.41) is 6.93. The third kappa shape index (κ3) is 5.88. The lowest BCUT2D eigenvalue weighted by molar-refractivity contribution is -0.118. The molecule has 39 heavy (non-hydrogen) atoms. The van der Waals surface area contributed by atoms with E-state index in [1.807, 2.05) is 72.8 Å². The molecule has 0 spiro atoms. The third-order valence-electron chi connectivity index (χ3n) is 7.81. The molecule has 2 N–H and O–H groups in total. The molecule has 1 aliphatic carbocycles. The Bertz CT molecular complexity index is 1310. The topological polar surface area (TPSA) is 81.8 Å². The van der Waals surface area contributed by atoms with E-state index in [1.54, 1.807) is 4.90 Å². The molecular weight excluding hydrogens is 488 g/mol. The summed E-state index contributed by atoms with van der Waals surface area (Å²) in [6.45, 7) is 5.52. The molecular formula is C32H36N4O3. The van der Waals surface area contributed by atoms with Crippen LogP contribution >= 0.6 is 0 Å². The number of nitrogens with one attached hydrogen (secondary N) is 2. The van der Waals surface area contributed by atoms with Crippen LogP contribution in [0.3, 0.4) is 0 Å². The van der Waals surface area contributed by atoms with E-state index >= 15 is 0 Å². The number of hydrogen-bond acceptors (Lipinski definition) is 5. The van der Waals surface area contributed by atoms with E-state index in [-0.39, 0.29) is 23.8 Å². The average Bonchev–Trinajstić information content (AvgIpc) is 3.21. The average molecular weight is 525 g/mol. The third-order valence-corrected chi connectivity index (χ3v) is 7.81. The van der Waals surface area contributed by atoms with Crippen LogP contribution in [-0.4, -0.2) is 60.6 Å². The van der Waals surface area contributed by atoms with Crippen LogP contribution in [0, 0.1) is 0 Å². The van der Waals surface area contributed by atoms with Gasteiger partial charge in [-0.25, -0.2) is 0 Å². The summed E-state index contributed by atoms with van der Waals surface area (Å²) in [6, 6.07) is 17.5. The normalized spacial score (nSPS) is 20.4. The Morgan fingerprint density at radius 1 is 1.08 bits per heavy atom. The number of allylic oxidation sites excluding steroid dienone is 3. The smallest absolute Gasteiger partial charge is 0.254 e. The Labute approximate surface area is 230 Å². The van der Waals surface area contributed by atoms with Crippen molar-refractivity contribution < 1.29 is 14.4 Å². The molecule has 1 fully saturated rings. The van der Waals surface area contributed by atoms with E-state index in [0.717, 1.165) is 61.3 Å². The molecule has 1 unspecified atom stereocenters. The summed E-state index contributed by atoms with van der Waals surface area (Å²) in [5.41, 5.74) is 4.98. The summed E-state index contributed by atoms with van der Waals surface area (Å²) in [6.07, 6.45) is 8.62. The Kier molecular flexibility index (Phi) is 8.37. The van der Waals surface area contributed by atoms with Gasteiger partial charge in [0.05, 0.1) is 17.7 Å². The predicted molar refractivity (Wildman–Crippen MR) is 152 cm³/mol. The van der Waals surface area contributed by atoms with E-state index < -0.39 is 0 Å². The maximum atomic E-state index is 14.1. The predicted octanol–water partition coefficient (Wildman–Crippen LogP) is 3.93. The van der Waals surface area contributed by atoms with Crippen LogP contribution in [-0.2, 0) is 14.4 Å². The second kappa shape index (κ2) is 12.3. The number of fused-ring (bicyclic) bond motifs is 1. The molecule has 0 radical (unpaired) electrons. The lowest BCUT2D eigenvalue weighted by atomic mass is 9.83. The highest BCUT2D eigenvalue weighted by Gasteiger charge is 2.35. The molecule has 0 aromatic heterocycles. The van der Waals surface area contributed by atoms with Crippen molar-refractivity contribution in [1.82, 2.24) is 20.4 Å². The largest absolute Gasteiger partial charge is 0.376 e. The van der Waals surface area contributed by atoms with Crippen molar-refractivity contribution in [3.63, 3.8) is 0 Å². The molecule has 2 heterocycles. The Balaban J connectivity index is 1.54. The first-order chi connectivity index (χ1) is 19.1. The van der Waals surface area contributed by atoms with E-state index in [9.17, 15) is 14.4 Å². The molecule has 1 saturated heterocycles. The van der Waals surface area contributed by atoms with Gasteiger partial charge >= 0.3 is 0 Å².